The van der Waals surface area contributed by atoms with Crippen LogP contribution in [0, 0.1) is 0 Å². The van der Waals surface area contributed by atoms with E-state index in [9.17, 15) is 14.4 Å². The molecule has 0 bridgehead atoms. The van der Waals surface area contributed by atoms with Gasteiger partial charge in [0.15, 0.2) is 0 Å². The Labute approximate surface area is 97.6 Å². The van der Waals surface area contributed by atoms with Crippen molar-refractivity contribution in [3.05, 3.63) is 11.6 Å². The summed E-state index contributed by atoms with van der Waals surface area (Å²) in [6, 6.07) is 0. The highest BCUT2D eigenvalue weighted by Crippen LogP contribution is 2.15. The van der Waals surface area contributed by atoms with Crippen LogP contribution in [0.1, 0.15) is 32.6 Å². The Morgan fingerprint density at radius 3 is 1.88 bits per heavy atom. The van der Waals surface area contributed by atoms with Gasteiger partial charge in [0.05, 0.1) is 0 Å². The molecular formula is C10H14O7. The Bertz CT molecular complexity index is 301. The summed E-state index contributed by atoms with van der Waals surface area (Å²) in [5.41, 5.74) is 1.59. The molecule has 0 saturated heterocycles. The topological polar surface area (TPSA) is 110 Å². The fourth-order valence-electron chi connectivity index (χ4n) is 1.16. The molecule has 0 aliphatic heterocycles. The summed E-state index contributed by atoms with van der Waals surface area (Å²) in [5.74, 6) is 0. The van der Waals surface area contributed by atoms with Crippen molar-refractivity contribution in [1.29, 1.82) is 0 Å². The van der Waals surface area contributed by atoms with Crippen molar-refractivity contribution in [3.8, 4) is 0 Å². The number of hydrogen-bond acceptors (Lipinski definition) is 5. The smallest absolute Gasteiger partial charge is 0.449 e. The van der Waals surface area contributed by atoms with Gasteiger partial charge in [-0.1, -0.05) is 11.6 Å². The SMILES string of the molecule is CC1=CCCCC1.O=C(O)OC(=O)OC(=O)O. The average Bonchev–Trinajstić information content (AvgIpc) is 2.16. The van der Waals surface area contributed by atoms with Crippen molar-refractivity contribution in [1.82, 2.24) is 0 Å². The van der Waals surface area contributed by atoms with E-state index in [0.29, 0.717) is 0 Å². The first kappa shape index (κ1) is 14.9. The molecule has 7 heteroatoms. The quantitative estimate of drug-likeness (QED) is 0.384. The molecule has 0 atom stereocenters. The molecule has 0 aromatic heterocycles. The van der Waals surface area contributed by atoms with E-state index in [4.69, 9.17) is 10.2 Å². The maximum absolute atomic E-state index is 9.86. The largest absolute Gasteiger partial charge is 0.528 e. The Morgan fingerprint density at radius 1 is 1.12 bits per heavy atom. The predicted octanol–water partition coefficient (Wildman–Crippen LogP) is 3.00. The summed E-state index contributed by atoms with van der Waals surface area (Å²) >= 11 is 0. The first-order valence-electron chi connectivity index (χ1n) is 4.93. The van der Waals surface area contributed by atoms with Crippen molar-refractivity contribution in [3.63, 3.8) is 0 Å². The van der Waals surface area contributed by atoms with E-state index in [2.05, 4.69) is 22.5 Å². The highest BCUT2D eigenvalue weighted by atomic mass is 16.8. The molecule has 0 amide bonds. The number of rotatable bonds is 0. The standard InChI is InChI=1S/C7H12.C3H2O7/c1-7-5-3-2-4-6-7;4-1(5)9-3(8)10-2(6)7/h5H,2-4,6H2,1H3;(H,4,5)(H,6,7). The maximum atomic E-state index is 9.86. The zero-order valence-corrected chi connectivity index (χ0v) is 9.34. The monoisotopic (exact) mass is 246 g/mol. The van der Waals surface area contributed by atoms with Gasteiger partial charge < -0.3 is 19.7 Å². The predicted molar refractivity (Wildman–Crippen MR) is 55.8 cm³/mol. The molecule has 0 spiro atoms. The zero-order chi connectivity index (χ0) is 13.3. The number of carbonyl (C=O) groups is 3. The van der Waals surface area contributed by atoms with Crippen LogP contribution in [-0.4, -0.2) is 28.7 Å². The summed E-state index contributed by atoms with van der Waals surface area (Å²) in [7, 11) is 0. The Balaban J connectivity index is 0.000000318. The van der Waals surface area contributed by atoms with Gasteiger partial charge in [-0.25, -0.2) is 14.4 Å². The Kier molecular flexibility index (Phi) is 7.16. The van der Waals surface area contributed by atoms with Crippen LogP contribution in [0.3, 0.4) is 0 Å². The van der Waals surface area contributed by atoms with Gasteiger partial charge in [0.2, 0.25) is 0 Å². The number of carbonyl (C=O) groups excluding carboxylic acids is 1. The first-order valence-corrected chi connectivity index (χ1v) is 4.93. The van der Waals surface area contributed by atoms with Gasteiger partial charge in [-0.3, -0.25) is 0 Å². The molecule has 96 valence electrons. The van der Waals surface area contributed by atoms with Gasteiger partial charge in [0.1, 0.15) is 0 Å². The molecule has 0 saturated carbocycles. The minimum atomic E-state index is -1.92. The molecule has 0 heterocycles. The van der Waals surface area contributed by atoms with Crippen molar-refractivity contribution in [2.75, 3.05) is 0 Å². The minimum Gasteiger partial charge on any atom is -0.449 e. The first-order chi connectivity index (χ1) is 7.91. The molecule has 1 aliphatic rings. The molecule has 0 radical (unpaired) electrons. The molecule has 17 heavy (non-hydrogen) atoms. The molecule has 7 nitrogen and oxygen atoms in total. The van der Waals surface area contributed by atoms with Crippen LogP contribution in [0.25, 0.3) is 0 Å². The van der Waals surface area contributed by atoms with E-state index in [1.54, 1.807) is 5.57 Å². The fraction of sp³-hybridized carbons (Fsp3) is 0.500. The van der Waals surface area contributed by atoms with Crippen molar-refractivity contribution in [2.24, 2.45) is 0 Å². The van der Waals surface area contributed by atoms with Gasteiger partial charge >= 0.3 is 18.5 Å². The average molecular weight is 246 g/mol. The lowest BCUT2D eigenvalue weighted by Crippen LogP contribution is -2.14. The van der Waals surface area contributed by atoms with Crippen LogP contribution >= 0.6 is 0 Å². The van der Waals surface area contributed by atoms with Crippen LogP contribution in [0.4, 0.5) is 14.4 Å². The summed E-state index contributed by atoms with van der Waals surface area (Å²) in [5, 5.41) is 15.4. The lowest BCUT2D eigenvalue weighted by molar-refractivity contribution is 0.0548. The third-order valence-corrected chi connectivity index (χ3v) is 1.86. The third kappa shape index (κ3) is 10.2. The molecule has 0 aromatic rings. The van der Waals surface area contributed by atoms with Crippen LogP contribution in [0.2, 0.25) is 0 Å². The lowest BCUT2D eigenvalue weighted by Gasteiger charge is -2.05. The Hall–Kier alpha value is -2.05. The number of allylic oxidation sites excluding steroid dienone is 2. The van der Waals surface area contributed by atoms with Gasteiger partial charge in [-0.2, -0.15) is 0 Å². The molecule has 0 fully saturated rings. The highest BCUT2D eigenvalue weighted by molar-refractivity contribution is 5.82. The highest BCUT2D eigenvalue weighted by Gasteiger charge is 2.13. The second-order valence-corrected chi connectivity index (χ2v) is 3.28. The van der Waals surface area contributed by atoms with Crippen molar-refractivity contribution >= 4 is 18.5 Å². The van der Waals surface area contributed by atoms with E-state index in [-0.39, 0.29) is 0 Å². The number of hydrogen-bond donors (Lipinski definition) is 2. The van der Waals surface area contributed by atoms with Gasteiger partial charge in [-0.15, -0.1) is 0 Å². The molecule has 2 N–H and O–H groups in total. The van der Waals surface area contributed by atoms with Crippen LogP contribution in [0.15, 0.2) is 11.6 Å². The summed E-state index contributed by atoms with van der Waals surface area (Å²) in [6.45, 7) is 2.22. The van der Waals surface area contributed by atoms with E-state index in [1.807, 2.05) is 0 Å². The van der Waals surface area contributed by atoms with Crippen LogP contribution in [0.5, 0.6) is 0 Å². The number of carboxylic acid groups (broad SMARTS) is 2. The minimum absolute atomic E-state index is 1.33. The molecular weight excluding hydrogens is 232 g/mol. The van der Waals surface area contributed by atoms with Crippen LogP contribution in [-0.2, 0) is 9.47 Å². The van der Waals surface area contributed by atoms with Crippen molar-refractivity contribution < 1.29 is 34.1 Å². The van der Waals surface area contributed by atoms with E-state index in [1.165, 1.54) is 25.7 Å². The fourth-order valence-corrected chi connectivity index (χ4v) is 1.16. The van der Waals surface area contributed by atoms with Gasteiger partial charge in [-0.05, 0) is 32.6 Å². The maximum Gasteiger partial charge on any atom is 0.528 e. The van der Waals surface area contributed by atoms with Gasteiger partial charge in [0.25, 0.3) is 0 Å². The Morgan fingerprint density at radius 2 is 1.65 bits per heavy atom. The second kappa shape index (κ2) is 8.14. The lowest BCUT2D eigenvalue weighted by atomic mass is 10.0. The summed E-state index contributed by atoms with van der Waals surface area (Å²) in [4.78, 5) is 28.8. The number of ether oxygens (including phenoxy) is 2. The molecule has 1 aliphatic carbocycles. The zero-order valence-electron chi connectivity index (χ0n) is 9.34. The van der Waals surface area contributed by atoms with Gasteiger partial charge in [0, 0.05) is 0 Å². The van der Waals surface area contributed by atoms with E-state index in [0.717, 1.165) is 0 Å². The summed E-state index contributed by atoms with van der Waals surface area (Å²) in [6.07, 6.45) is 2.21. The second-order valence-electron chi connectivity index (χ2n) is 3.28. The van der Waals surface area contributed by atoms with Crippen molar-refractivity contribution in [2.45, 2.75) is 32.6 Å². The van der Waals surface area contributed by atoms with Crippen LogP contribution < -0.4 is 0 Å². The normalized spacial score (nSPS) is 13.6. The molecule has 1 rings (SSSR count). The third-order valence-electron chi connectivity index (χ3n) is 1.86. The summed E-state index contributed by atoms with van der Waals surface area (Å²) < 4.78 is 6.47. The van der Waals surface area contributed by atoms with E-state index >= 15 is 0 Å². The molecule has 0 unspecified atom stereocenters. The van der Waals surface area contributed by atoms with E-state index < -0.39 is 18.5 Å². The molecule has 0 aromatic carbocycles.